The molecule has 0 amide bonds. The average Bonchev–Trinajstić information content (AvgIpc) is 2.82. The van der Waals surface area contributed by atoms with Crippen molar-refractivity contribution in [2.75, 3.05) is 5.75 Å². The van der Waals surface area contributed by atoms with Gasteiger partial charge in [-0.3, -0.25) is 0 Å². The monoisotopic (exact) mass is 438 g/mol. The van der Waals surface area contributed by atoms with Crippen molar-refractivity contribution in [2.45, 2.75) is 107 Å². The van der Waals surface area contributed by atoms with Gasteiger partial charge >= 0.3 is 0 Å². The van der Waals surface area contributed by atoms with E-state index in [9.17, 15) is 0 Å². The molecule has 172 valence electrons. The van der Waals surface area contributed by atoms with Gasteiger partial charge in [-0.1, -0.05) is 138 Å². The molecule has 0 unspecified atom stereocenters. The van der Waals surface area contributed by atoms with E-state index < -0.39 is 0 Å². The van der Waals surface area contributed by atoms with Crippen molar-refractivity contribution >= 4 is 10.9 Å². The Morgan fingerprint density at radius 1 is 0.516 bits per heavy atom. The summed E-state index contributed by atoms with van der Waals surface area (Å²) in [5.41, 5.74) is 0. The van der Waals surface area contributed by atoms with Crippen molar-refractivity contribution in [3.05, 3.63) is 72.8 Å². The summed E-state index contributed by atoms with van der Waals surface area (Å²) in [6, 6.07) is 22.3. The minimum absolute atomic E-state index is 0.203. The quantitative estimate of drug-likeness (QED) is 0.133. The van der Waals surface area contributed by atoms with E-state index in [-0.39, 0.29) is 10.9 Å². The van der Waals surface area contributed by atoms with Crippen LogP contribution < -0.4 is 0 Å². The minimum Gasteiger partial charge on any atom is -0.200 e. The summed E-state index contributed by atoms with van der Waals surface area (Å²) in [5, 5.41) is 0. The second-order valence-electron chi connectivity index (χ2n) is 8.76. The van der Waals surface area contributed by atoms with Crippen LogP contribution >= 0.6 is 10.9 Å². The third-order valence-electron chi connectivity index (χ3n) is 6.03. The van der Waals surface area contributed by atoms with Gasteiger partial charge in [0.05, 0.1) is 0 Å². The number of hydrogen-bond donors (Lipinski definition) is 1. The first-order valence-electron chi connectivity index (χ1n) is 12.9. The van der Waals surface area contributed by atoms with E-state index in [1.54, 1.807) is 0 Å². The molecule has 0 radical (unpaired) electrons. The number of thiol groups is 1. The summed E-state index contributed by atoms with van der Waals surface area (Å²) in [4.78, 5) is 3.05. The molecule has 0 atom stereocenters. The Labute approximate surface area is 195 Å². The van der Waals surface area contributed by atoms with Gasteiger partial charge in [0, 0.05) is 0 Å². The molecular weight excluding hydrogens is 392 g/mol. The van der Waals surface area contributed by atoms with Gasteiger partial charge in [-0.2, -0.15) is 0 Å². The maximum atomic E-state index is 2.43. The molecule has 31 heavy (non-hydrogen) atoms. The molecule has 0 heterocycles. The Hall–Kier alpha value is -1.47. The van der Waals surface area contributed by atoms with Gasteiger partial charge in [-0.05, 0) is 47.6 Å². The zero-order chi connectivity index (χ0) is 21.8. The van der Waals surface area contributed by atoms with Crippen LogP contribution in [-0.2, 0) is 0 Å². The van der Waals surface area contributed by atoms with Crippen molar-refractivity contribution in [1.29, 1.82) is 0 Å². The van der Waals surface area contributed by atoms with Crippen LogP contribution in [0.3, 0.4) is 0 Å². The van der Waals surface area contributed by atoms with E-state index in [1.165, 1.54) is 105 Å². The highest BCUT2D eigenvalue weighted by molar-refractivity contribution is 8.17. The number of hydrogen-bond acceptors (Lipinski definition) is 0. The molecule has 0 aliphatic rings. The molecule has 0 saturated heterocycles. The first kappa shape index (κ1) is 25.8. The largest absolute Gasteiger partial charge is 0.200 e. The predicted molar refractivity (Wildman–Crippen MR) is 143 cm³/mol. The van der Waals surface area contributed by atoms with Crippen LogP contribution in [0.5, 0.6) is 0 Å². The summed E-state index contributed by atoms with van der Waals surface area (Å²) >= 11 is 0. The fourth-order valence-electron chi connectivity index (χ4n) is 4.14. The lowest BCUT2D eigenvalue weighted by atomic mass is 10.1. The molecule has 2 rings (SSSR count). The molecular formula is C30H46S. The number of benzene rings is 2. The minimum atomic E-state index is -0.203. The van der Waals surface area contributed by atoms with Gasteiger partial charge < -0.3 is 0 Å². The van der Waals surface area contributed by atoms with Gasteiger partial charge in [-0.25, -0.2) is 10.9 Å². The molecule has 0 aromatic heterocycles. The van der Waals surface area contributed by atoms with Crippen LogP contribution in [0.1, 0.15) is 96.8 Å². The van der Waals surface area contributed by atoms with Gasteiger partial charge in [-0.15, -0.1) is 0 Å². The molecule has 0 aliphatic carbocycles. The van der Waals surface area contributed by atoms with Crippen LogP contribution in [0.4, 0.5) is 0 Å². The van der Waals surface area contributed by atoms with E-state index in [2.05, 4.69) is 79.7 Å². The third-order valence-corrected chi connectivity index (χ3v) is 8.64. The fraction of sp³-hybridized carbons (Fsp3) is 0.533. The molecule has 0 fully saturated rings. The highest BCUT2D eigenvalue weighted by Gasteiger charge is 2.09. The molecule has 2 aromatic rings. The maximum absolute atomic E-state index is 2.43. The molecule has 0 saturated carbocycles. The van der Waals surface area contributed by atoms with Crippen molar-refractivity contribution in [2.24, 2.45) is 0 Å². The fourth-order valence-corrected chi connectivity index (χ4v) is 6.56. The van der Waals surface area contributed by atoms with Crippen molar-refractivity contribution in [3.63, 3.8) is 0 Å². The van der Waals surface area contributed by atoms with Crippen molar-refractivity contribution in [1.82, 2.24) is 0 Å². The highest BCUT2D eigenvalue weighted by atomic mass is 32.2. The van der Waals surface area contributed by atoms with E-state index >= 15 is 0 Å². The third kappa shape index (κ3) is 12.2. The molecule has 0 aliphatic heterocycles. The van der Waals surface area contributed by atoms with E-state index in [0.717, 1.165) is 0 Å². The Balaban J connectivity index is 1.50. The summed E-state index contributed by atoms with van der Waals surface area (Å²) in [6.07, 6.45) is 24.2. The first-order chi connectivity index (χ1) is 15.4. The summed E-state index contributed by atoms with van der Waals surface area (Å²) in [6.45, 7) is 2.29. The van der Waals surface area contributed by atoms with E-state index in [1.807, 2.05) is 0 Å². The van der Waals surface area contributed by atoms with Crippen molar-refractivity contribution < 1.29 is 0 Å². The molecule has 0 N–H and O–H groups in total. The lowest BCUT2D eigenvalue weighted by Crippen LogP contribution is -1.93. The van der Waals surface area contributed by atoms with Gasteiger partial charge in [0.2, 0.25) is 0 Å². The Morgan fingerprint density at radius 3 is 1.42 bits per heavy atom. The van der Waals surface area contributed by atoms with Crippen LogP contribution in [0.2, 0.25) is 0 Å². The topological polar surface area (TPSA) is 0 Å². The summed E-state index contributed by atoms with van der Waals surface area (Å²) < 4.78 is 0. The Morgan fingerprint density at radius 2 is 0.935 bits per heavy atom. The standard InChI is InChI=1S/C30H46S/c1-2-3-4-5-6-7-8-9-10-11-12-13-14-15-16-23-28-31(29-24-19-17-20-25-29)30-26-21-18-22-27-30/h9-10,17-22,24-27,31H,2-8,11-16,23,28H2,1H3/b10-9-. The SMILES string of the molecule is CCCCCCCC/C=C\CCCCCCCC[SH](c1ccccc1)c1ccccc1. The lowest BCUT2D eigenvalue weighted by Gasteiger charge is -2.22. The van der Waals surface area contributed by atoms with Crippen LogP contribution in [0.15, 0.2) is 82.6 Å². The van der Waals surface area contributed by atoms with Gasteiger partial charge in [0.15, 0.2) is 0 Å². The van der Waals surface area contributed by atoms with Crippen LogP contribution in [0, 0.1) is 0 Å². The average molecular weight is 439 g/mol. The zero-order valence-corrected chi connectivity index (χ0v) is 20.9. The zero-order valence-electron chi connectivity index (χ0n) is 20.0. The lowest BCUT2D eigenvalue weighted by molar-refractivity contribution is 0.607. The van der Waals surface area contributed by atoms with Crippen molar-refractivity contribution in [3.8, 4) is 0 Å². The first-order valence-corrected chi connectivity index (χ1v) is 14.5. The van der Waals surface area contributed by atoms with E-state index in [4.69, 9.17) is 0 Å². The van der Waals surface area contributed by atoms with Crippen LogP contribution in [0.25, 0.3) is 0 Å². The van der Waals surface area contributed by atoms with Crippen LogP contribution in [-0.4, -0.2) is 5.75 Å². The Kier molecular flexibility index (Phi) is 15.1. The van der Waals surface area contributed by atoms with E-state index in [0.29, 0.717) is 0 Å². The maximum Gasteiger partial charge on any atom is -0.00855 e. The number of unbranched alkanes of at least 4 members (excludes halogenated alkanes) is 12. The normalized spacial score (nSPS) is 11.8. The summed E-state index contributed by atoms with van der Waals surface area (Å²) in [5.74, 6) is 1.32. The number of rotatable bonds is 18. The molecule has 0 spiro atoms. The molecule has 0 nitrogen and oxygen atoms in total. The second kappa shape index (κ2) is 18.1. The molecule has 2 aromatic carbocycles. The number of allylic oxidation sites excluding steroid dienone is 2. The summed E-state index contributed by atoms with van der Waals surface area (Å²) in [7, 11) is -0.203. The molecule has 0 bridgehead atoms. The highest BCUT2D eigenvalue weighted by Crippen LogP contribution is 2.44. The second-order valence-corrected chi connectivity index (χ2v) is 11.1. The smallest absolute Gasteiger partial charge is 0.00855 e. The molecule has 1 heteroatoms. The van der Waals surface area contributed by atoms with Gasteiger partial charge in [0.1, 0.15) is 0 Å². The Bertz CT molecular complexity index is 622. The predicted octanol–water partition coefficient (Wildman–Crippen LogP) is 10.1. The van der Waals surface area contributed by atoms with Gasteiger partial charge in [0.25, 0.3) is 0 Å².